The summed E-state index contributed by atoms with van der Waals surface area (Å²) in [6.07, 6.45) is 7.68. The van der Waals surface area contributed by atoms with Gasteiger partial charge in [0.05, 0.1) is 30.7 Å². The van der Waals surface area contributed by atoms with E-state index >= 15 is 0 Å². The number of aryl methyl sites for hydroxylation is 2. The predicted molar refractivity (Wildman–Crippen MR) is 141 cm³/mol. The van der Waals surface area contributed by atoms with Gasteiger partial charge in [-0.2, -0.15) is 15.3 Å². The highest BCUT2D eigenvalue weighted by molar-refractivity contribution is 7.16. The SMILES string of the molecule is Cc1ccc([C@@H]2CCCN2c2nc(Nc3ncc(C#N)s3)c(CO)c(-c3cnn(CCCO)c3)n2)cc1. The molecule has 0 radical (unpaired) electrons. The molecule has 4 heterocycles. The van der Waals surface area contributed by atoms with Crippen molar-refractivity contribution in [3.05, 3.63) is 64.4 Å². The zero-order valence-electron chi connectivity index (χ0n) is 20.5. The molecular formula is C26H28N8O2S. The first-order valence-corrected chi connectivity index (χ1v) is 13.0. The third-order valence-electron chi connectivity index (χ3n) is 6.42. The number of hydrogen-bond acceptors (Lipinski definition) is 10. The topological polar surface area (TPSA) is 136 Å². The number of aliphatic hydroxyl groups is 2. The molecule has 1 fully saturated rings. The number of rotatable bonds is 9. The molecule has 3 aromatic heterocycles. The smallest absolute Gasteiger partial charge is 0.228 e. The predicted octanol–water partition coefficient (Wildman–Crippen LogP) is 3.94. The monoisotopic (exact) mass is 516 g/mol. The maximum absolute atomic E-state index is 10.4. The van der Waals surface area contributed by atoms with E-state index in [1.54, 1.807) is 10.9 Å². The van der Waals surface area contributed by atoms with Crippen molar-refractivity contribution in [2.45, 2.75) is 45.4 Å². The van der Waals surface area contributed by atoms with Crippen LogP contribution in [0.3, 0.4) is 0 Å². The van der Waals surface area contributed by atoms with E-state index in [1.165, 1.54) is 28.7 Å². The van der Waals surface area contributed by atoms with Gasteiger partial charge < -0.3 is 20.4 Å². The Hall–Kier alpha value is -3.85. The molecule has 4 aromatic rings. The quantitative estimate of drug-likeness (QED) is 0.302. The molecule has 3 N–H and O–H groups in total. The molecule has 190 valence electrons. The van der Waals surface area contributed by atoms with Crippen molar-refractivity contribution in [3.8, 4) is 17.3 Å². The van der Waals surface area contributed by atoms with Gasteiger partial charge in [0.25, 0.3) is 0 Å². The third kappa shape index (κ3) is 5.32. The molecule has 0 spiro atoms. The van der Waals surface area contributed by atoms with Crippen LogP contribution in [0.25, 0.3) is 11.3 Å². The molecule has 1 saturated heterocycles. The summed E-state index contributed by atoms with van der Waals surface area (Å²) in [5.41, 5.74) is 4.27. The van der Waals surface area contributed by atoms with Crippen LogP contribution in [0.2, 0.25) is 0 Å². The van der Waals surface area contributed by atoms with Crippen LogP contribution in [0.5, 0.6) is 0 Å². The van der Waals surface area contributed by atoms with Crippen molar-refractivity contribution in [2.24, 2.45) is 0 Å². The van der Waals surface area contributed by atoms with E-state index in [-0.39, 0.29) is 19.3 Å². The molecule has 0 aliphatic carbocycles. The van der Waals surface area contributed by atoms with Gasteiger partial charge >= 0.3 is 0 Å². The van der Waals surface area contributed by atoms with E-state index in [0.717, 1.165) is 24.9 Å². The standard InChI is InChI=1S/C26H28N8O2S/c1-17-5-7-18(8-6-17)22-4-2-10-34(22)25-30-23(19-13-29-33(15-19)9-3-11-35)21(16-36)24(31-25)32-26-28-14-20(12-27)37-26/h5-8,13-15,22,35-36H,2-4,9-11,16H2,1H3,(H,28,30,31,32)/t22-/m0/s1. The normalized spacial score (nSPS) is 15.2. The average molecular weight is 517 g/mol. The van der Waals surface area contributed by atoms with Gasteiger partial charge in [0.2, 0.25) is 5.95 Å². The summed E-state index contributed by atoms with van der Waals surface area (Å²) >= 11 is 1.22. The average Bonchev–Trinajstić information content (AvgIpc) is 3.68. The van der Waals surface area contributed by atoms with Gasteiger partial charge in [-0.3, -0.25) is 4.68 Å². The Labute approximate surface area is 218 Å². The molecule has 1 atom stereocenters. The third-order valence-corrected chi connectivity index (χ3v) is 7.24. The molecule has 0 unspecified atom stereocenters. The van der Waals surface area contributed by atoms with Crippen LogP contribution in [0.4, 0.5) is 16.9 Å². The van der Waals surface area contributed by atoms with Crippen molar-refractivity contribution in [1.29, 1.82) is 5.26 Å². The van der Waals surface area contributed by atoms with Gasteiger partial charge in [0, 0.05) is 37.0 Å². The van der Waals surface area contributed by atoms with E-state index in [0.29, 0.717) is 46.0 Å². The summed E-state index contributed by atoms with van der Waals surface area (Å²) in [6, 6.07) is 10.8. The van der Waals surface area contributed by atoms with Gasteiger partial charge in [-0.1, -0.05) is 41.2 Å². The molecule has 1 aliphatic heterocycles. The number of aromatic nitrogens is 5. The lowest BCUT2D eigenvalue weighted by atomic mass is 10.0. The van der Waals surface area contributed by atoms with Crippen LogP contribution >= 0.6 is 11.3 Å². The van der Waals surface area contributed by atoms with Crippen LogP contribution in [0, 0.1) is 18.3 Å². The largest absolute Gasteiger partial charge is 0.396 e. The number of hydrogen-bond donors (Lipinski definition) is 3. The van der Waals surface area contributed by atoms with Crippen LogP contribution in [-0.4, -0.2) is 48.1 Å². The first-order chi connectivity index (χ1) is 18.1. The highest BCUT2D eigenvalue weighted by Gasteiger charge is 2.30. The summed E-state index contributed by atoms with van der Waals surface area (Å²) in [5.74, 6) is 0.997. The van der Waals surface area contributed by atoms with Crippen molar-refractivity contribution in [2.75, 3.05) is 23.4 Å². The second-order valence-electron chi connectivity index (χ2n) is 8.96. The zero-order valence-corrected chi connectivity index (χ0v) is 21.3. The van der Waals surface area contributed by atoms with Gasteiger partial charge in [-0.05, 0) is 31.7 Å². The van der Waals surface area contributed by atoms with Crippen LogP contribution < -0.4 is 10.2 Å². The molecular weight excluding hydrogens is 488 g/mol. The fraction of sp³-hybridized carbons (Fsp3) is 0.346. The van der Waals surface area contributed by atoms with Crippen LogP contribution in [0.15, 0.2) is 42.9 Å². The minimum Gasteiger partial charge on any atom is -0.396 e. The summed E-state index contributed by atoms with van der Waals surface area (Å²) in [6.45, 7) is 3.25. The Balaban J connectivity index is 1.59. The van der Waals surface area contributed by atoms with Gasteiger partial charge in [-0.15, -0.1) is 0 Å². The second-order valence-corrected chi connectivity index (χ2v) is 9.99. The Kier molecular flexibility index (Phi) is 7.41. The van der Waals surface area contributed by atoms with Crippen molar-refractivity contribution < 1.29 is 10.2 Å². The molecule has 1 aliphatic rings. The van der Waals surface area contributed by atoms with Crippen LogP contribution in [-0.2, 0) is 13.2 Å². The Bertz CT molecular complexity index is 1410. The first kappa shape index (κ1) is 24.8. The lowest BCUT2D eigenvalue weighted by Crippen LogP contribution is -2.25. The van der Waals surface area contributed by atoms with Crippen molar-refractivity contribution in [3.63, 3.8) is 0 Å². The fourth-order valence-corrected chi connectivity index (χ4v) is 5.17. The molecule has 1 aromatic carbocycles. The summed E-state index contributed by atoms with van der Waals surface area (Å²) in [7, 11) is 0. The van der Waals surface area contributed by atoms with Gasteiger partial charge in [0.15, 0.2) is 5.13 Å². The van der Waals surface area contributed by atoms with E-state index in [2.05, 4.69) is 57.6 Å². The Morgan fingerprint density at radius 2 is 2.03 bits per heavy atom. The lowest BCUT2D eigenvalue weighted by molar-refractivity contribution is 0.277. The van der Waals surface area contributed by atoms with Crippen molar-refractivity contribution in [1.82, 2.24) is 24.7 Å². The Morgan fingerprint density at radius 3 is 2.76 bits per heavy atom. The molecule has 5 rings (SSSR count). The lowest BCUT2D eigenvalue weighted by Gasteiger charge is -2.26. The summed E-state index contributed by atoms with van der Waals surface area (Å²) in [5, 5.41) is 36.9. The first-order valence-electron chi connectivity index (χ1n) is 12.2. The maximum Gasteiger partial charge on any atom is 0.228 e. The minimum atomic E-state index is -0.294. The van der Waals surface area contributed by atoms with E-state index in [1.807, 2.05) is 6.20 Å². The molecule has 11 heteroatoms. The number of nitrogens with one attached hydrogen (secondary N) is 1. The Morgan fingerprint density at radius 1 is 1.19 bits per heavy atom. The highest BCUT2D eigenvalue weighted by Crippen LogP contribution is 2.38. The molecule has 37 heavy (non-hydrogen) atoms. The molecule has 0 saturated carbocycles. The minimum absolute atomic E-state index is 0.0800. The number of nitrogens with zero attached hydrogens (tertiary/aromatic N) is 7. The number of nitriles is 1. The van der Waals surface area contributed by atoms with E-state index in [4.69, 9.17) is 9.97 Å². The molecule has 0 bridgehead atoms. The number of benzene rings is 1. The number of aliphatic hydroxyl groups excluding tert-OH is 2. The number of thiazole rings is 1. The molecule has 10 nitrogen and oxygen atoms in total. The van der Waals surface area contributed by atoms with Crippen LogP contribution in [0.1, 0.15) is 46.9 Å². The summed E-state index contributed by atoms with van der Waals surface area (Å²) < 4.78 is 1.76. The summed E-state index contributed by atoms with van der Waals surface area (Å²) in [4.78, 5) is 16.8. The van der Waals surface area contributed by atoms with E-state index in [9.17, 15) is 15.5 Å². The maximum atomic E-state index is 10.4. The number of anilines is 3. The zero-order chi connectivity index (χ0) is 25.8. The molecule has 0 amide bonds. The van der Waals surface area contributed by atoms with E-state index < -0.39 is 0 Å². The van der Waals surface area contributed by atoms with Gasteiger partial charge in [-0.25, -0.2) is 9.97 Å². The second kappa shape index (κ2) is 11.0. The fourth-order valence-electron chi connectivity index (χ4n) is 4.56. The highest BCUT2D eigenvalue weighted by atomic mass is 32.1. The van der Waals surface area contributed by atoms with Gasteiger partial charge in [0.1, 0.15) is 16.8 Å². The van der Waals surface area contributed by atoms with Crippen molar-refractivity contribution >= 4 is 28.2 Å².